The molecule has 3 heterocycles. The summed E-state index contributed by atoms with van der Waals surface area (Å²) >= 11 is 0. The lowest BCUT2D eigenvalue weighted by atomic mass is 10.1. The fourth-order valence-corrected chi connectivity index (χ4v) is 2.95. The van der Waals surface area contributed by atoms with Gasteiger partial charge in [-0.25, -0.2) is 0 Å². The minimum atomic E-state index is -0.228. The summed E-state index contributed by atoms with van der Waals surface area (Å²) in [4.78, 5) is 14.7. The lowest BCUT2D eigenvalue weighted by Gasteiger charge is -2.22. The first kappa shape index (κ1) is 17.9. The molecule has 28 heavy (non-hydrogen) atoms. The Morgan fingerprint density at radius 1 is 1.18 bits per heavy atom. The molecule has 0 aliphatic heterocycles. The molecule has 142 valence electrons. The molecule has 0 fully saturated rings. The smallest absolute Gasteiger partial charge is 0.258 e. The number of rotatable bonds is 6. The average Bonchev–Trinajstić information content (AvgIpc) is 3.38. The van der Waals surface area contributed by atoms with Gasteiger partial charge in [0, 0.05) is 24.4 Å². The van der Waals surface area contributed by atoms with Crippen molar-refractivity contribution in [3.8, 4) is 0 Å². The van der Waals surface area contributed by atoms with E-state index in [1.54, 1.807) is 16.9 Å². The third-order valence-corrected chi connectivity index (χ3v) is 4.73. The van der Waals surface area contributed by atoms with E-state index < -0.39 is 0 Å². The molecule has 0 saturated heterocycles. The number of pyridine rings is 1. The van der Waals surface area contributed by atoms with E-state index in [-0.39, 0.29) is 11.9 Å². The highest BCUT2D eigenvalue weighted by Gasteiger charge is 2.15. The van der Waals surface area contributed by atoms with Crippen LogP contribution in [0.25, 0.3) is 5.65 Å². The number of anilines is 1. The van der Waals surface area contributed by atoms with Gasteiger partial charge in [0.15, 0.2) is 5.65 Å². The van der Waals surface area contributed by atoms with Gasteiger partial charge in [-0.15, -0.1) is 10.2 Å². The average molecular weight is 376 g/mol. The lowest BCUT2D eigenvalue weighted by Crippen LogP contribution is -2.22. The molecule has 8 nitrogen and oxygen atoms in total. The number of nitrogens with one attached hydrogen (secondary N) is 1. The topological polar surface area (TPSA) is 88.6 Å². The molecule has 0 aliphatic rings. The highest BCUT2D eigenvalue weighted by molar-refractivity contribution is 6.03. The molecule has 3 aromatic heterocycles. The van der Waals surface area contributed by atoms with E-state index in [9.17, 15) is 4.79 Å². The second-order valence-corrected chi connectivity index (χ2v) is 6.62. The third-order valence-electron chi connectivity index (χ3n) is 4.73. The van der Waals surface area contributed by atoms with Gasteiger partial charge in [0.05, 0.1) is 6.04 Å². The Morgan fingerprint density at radius 2 is 2.00 bits per heavy atom. The fraction of sp³-hybridized carbons (Fsp3) is 0.200. The first-order valence-corrected chi connectivity index (χ1v) is 8.92. The van der Waals surface area contributed by atoms with Crippen LogP contribution in [0.5, 0.6) is 0 Å². The van der Waals surface area contributed by atoms with Crippen LogP contribution < -0.4 is 5.32 Å². The van der Waals surface area contributed by atoms with Crippen molar-refractivity contribution in [2.75, 3.05) is 12.4 Å². The number of carbonyl (C=O) groups is 1. The molecule has 0 bridgehead atoms. The molecule has 0 saturated carbocycles. The molecule has 8 heteroatoms. The molecule has 0 radical (unpaired) electrons. The highest BCUT2D eigenvalue weighted by atomic mass is 16.5. The minimum Gasteiger partial charge on any atom is -0.364 e. The van der Waals surface area contributed by atoms with E-state index in [0.29, 0.717) is 17.2 Å². The zero-order valence-electron chi connectivity index (χ0n) is 15.6. The van der Waals surface area contributed by atoms with Gasteiger partial charge in [-0.1, -0.05) is 23.4 Å². The molecule has 1 amide bonds. The maximum absolute atomic E-state index is 12.5. The van der Waals surface area contributed by atoms with Crippen molar-refractivity contribution in [1.29, 1.82) is 0 Å². The molecule has 4 rings (SSSR count). The van der Waals surface area contributed by atoms with Gasteiger partial charge in [-0.3, -0.25) is 19.4 Å². The van der Waals surface area contributed by atoms with E-state index in [1.807, 2.05) is 55.6 Å². The van der Waals surface area contributed by atoms with Crippen molar-refractivity contribution in [3.05, 3.63) is 77.8 Å². The summed E-state index contributed by atoms with van der Waals surface area (Å²) in [5.41, 5.74) is 3.22. The predicted molar refractivity (Wildman–Crippen MR) is 104 cm³/mol. The van der Waals surface area contributed by atoms with Crippen LogP contribution in [0.3, 0.4) is 0 Å². The number of nitrogens with zero attached hydrogens (tertiary/aromatic N) is 5. The number of carbonyl (C=O) groups excluding carboxylic acids is 1. The first-order valence-electron chi connectivity index (χ1n) is 8.92. The third kappa shape index (κ3) is 3.63. The van der Waals surface area contributed by atoms with Crippen molar-refractivity contribution >= 4 is 17.5 Å². The summed E-state index contributed by atoms with van der Waals surface area (Å²) in [5, 5.41) is 14.8. The Hall–Kier alpha value is -3.52. The number of hydrogen-bond donors (Lipinski definition) is 1. The normalized spacial score (nSPS) is 12.4. The van der Waals surface area contributed by atoms with Gasteiger partial charge >= 0.3 is 0 Å². The summed E-state index contributed by atoms with van der Waals surface area (Å²) in [6.45, 7) is 2.80. The van der Waals surface area contributed by atoms with Crippen LogP contribution >= 0.6 is 0 Å². The zero-order chi connectivity index (χ0) is 19.5. The monoisotopic (exact) mass is 376 g/mol. The van der Waals surface area contributed by atoms with Crippen LogP contribution in [0, 0.1) is 0 Å². The Kier molecular flexibility index (Phi) is 4.86. The maximum Gasteiger partial charge on any atom is 0.258 e. The van der Waals surface area contributed by atoms with Crippen molar-refractivity contribution in [2.45, 2.75) is 19.5 Å². The van der Waals surface area contributed by atoms with Gasteiger partial charge in [0.1, 0.15) is 12.0 Å². The van der Waals surface area contributed by atoms with Crippen molar-refractivity contribution < 1.29 is 9.32 Å². The molecular formula is C20H20N6O2. The number of fused-ring (bicyclic) bond motifs is 1. The molecule has 1 aromatic carbocycles. The summed E-state index contributed by atoms with van der Waals surface area (Å²) in [6, 6.07) is 15.1. The molecular weight excluding hydrogens is 356 g/mol. The van der Waals surface area contributed by atoms with E-state index in [2.05, 4.69) is 32.5 Å². The highest BCUT2D eigenvalue weighted by Crippen LogP contribution is 2.19. The number of benzene rings is 1. The number of aromatic nitrogens is 4. The van der Waals surface area contributed by atoms with Crippen LogP contribution in [-0.4, -0.2) is 37.6 Å². The fourth-order valence-electron chi connectivity index (χ4n) is 2.95. The van der Waals surface area contributed by atoms with E-state index in [0.717, 1.165) is 17.8 Å². The van der Waals surface area contributed by atoms with E-state index in [4.69, 9.17) is 4.52 Å². The molecule has 0 spiro atoms. The number of hydrogen-bond acceptors (Lipinski definition) is 6. The SMILES string of the molecule is C[C@H](c1ccon1)N(C)Cc1ccc(C(=O)Nc2nnc3ccccn23)cc1. The van der Waals surface area contributed by atoms with Crippen LogP contribution in [0.1, 0.15) is 34.6 Å². The second kappa shape index (κ2) is 7.61. The van der Waals surface area contributed by atoms with Gasteiger partial charge in [0.25, 0.3) is 5.91 Å². The Labute approximate surface area is 161 Å². The molecule has 0 aliphatic carbocycles. The van der Waals surface area contributed by atoms with Crippen LogP contribution in [0.2, 0.25) is 0 Å². The van der Waals surface area contributed by atoms with Crippen LogP contribution in [0.4, 0.5) is 5.95 Å². The maximum atomic E-state index is 12.5. The molecule has 1 atom stereocenters. The van der Waals surface area contributed by atoms with Gasteiger partial charge < -0.3 is 4.52 Å². The van der Waals surface area contributed by atoms with Crippen molar-refractivity contribution in [2.24, 2.45) is 0 Å². The minimum absolute atomic E-state index is 0.128. The summed E-state index contributed by atoms with van der Waals surface area (Å²) in [6.07, 6.45) is 3.38. The van der Waals surface area contributed by atoms with E-state index in [1.165, 1.54) is 0 Å². The van der Waals surface area contributed by atoms with Gasteiger partial charge in [-0.05, 0) is 43.8 Å². The van der Waals surface area contributed by atoms with Crippen molar-refractivity contribution in [3.63, 3.8) is 0 Å². The first-order chi connectivity index (χ1) is 13.6. The quantitative estimate of drug-likeness (QED) is 0.556. The largest absolute Gasteiger partial charge is 0.364 e. The van der Waals surface area contributed by atoms with Crippen LogP contribution in [0.15, 0.2) is 65.5 Å². The summed E-state index contributed by atoms with van der Waals surface area (Å²) < 4.78 is 6.64. The Morgan fingerprint density at radius 3 is 2.75 bits per heavy atom. The van der Waals surface area contributed by atoms with Crippen LogP contribution in [-0.2, 0) is 6.54 Å². The summed E-state index contributed by atoms with van der Waals surface area (Å²) in [5.74, 6) is 0.167. The zero-order valence-corrected chi connectivity index (χ0v) is 15.6. The van der Waals surface area contributed by atoms with E-state index >= 15 is 0 Å². The molecule has 0 unspecified atom stereocenters. The molecule has 4 aromatic rings. The Bertz CT molecular complexity index is 1070. The Balaban J connectivity index is 1.42. The van der Waals surface area contributed by atoms with Gasteiger partial charge in [0.2, 0.25) is 5.95 Å². The second-order valence-electron chi connectivity index (χ2n) is 6.62. The predicted octanol–water partition coefficient (Wildman–Crippen LogP) is 3.16. The lowest BCUT2D eigenvalue weighted by molar-refractivity contribution is 0.102. The standard InChI is InChI=1S/C20H20N6O2/c1-14(17-10-12-28-24-17)25(2)13-15-6-8-16(9-7-15)19(27)21-20-23-22-18-5-3-4-11-26(18)20/h3-12,14H,13H2,1-2H3,(H,21,23,27)/t14-/m1/s1. The van der Waals surface area contributed by atoms with Gasteiger partial charge in [-0.2, -0.15) is 0 Å². The van der Waals surface area contributed by atoms with Crippen molar-refractivity contribution in [1.82, 2.24) is 24.7 Å². The summed E-state index contributed by atoms with van der Waals surface area (Å²) in [7, 11) is 2.02. The number of amides is 1. The molecule has 1 N–H and O–H groups in total.